The molecule has 2 heteroatoms. The van der Waals surface area contributed by atoms with Crippen molar-refractivity contribution in [1.82, 2.24) is 0 Å². The van der Waals surface area contributed by atoms with Gasteiger partial charge in [0, 0.05) is 12.8 Å². The fourth-order valence-electron chi connectivity index (χ4n) is 7.02. The fraction of sp³-hybridized carbons (Fsp3) is 0.947. The van der Waals surface area contributed by atoms with Crippen LogP contribution in [0.15, 0.2) is 0 Å². The lowest BCUT2D eigenvalue weighted by Gasteiger charge is -2.63. The highest BCUT2D eigenvalue weighted by Gasteiger charge is 2.60. The second-order valence-electron chi connectivity index (χ2n) is 9.13. The molecule has 4 fully saturated rings. The van der Waals surface area contributed by atoms with Crippen molar-refractivity contribution in [3.63, 3.8) is 0 Å². The van der Waals surface area contributed by atoms with Crippen LogP contribution in [0.1, 0.15) is 71.6 Å². The summed E-state index contributed by atoms with van der Waals surface area (Å²) in [6.07, 6.45) is 10.0. The van der Waals surface area contributed by atoms with E-state index >= 15 is 0 Å². The molecule has 0 aromatic rings. The van der Waals surface area contributed by atoms with E-state index in [2.05, 4.69) is 13.8 Å². The largest absolute Gasteiger partial charge is 0.393 e. The maximum absolute atomic E-state index is 11.9. The molecular weight excluding hydrogens is 260 g/mol. The zero-order valence-electron chi connectivity index (χ0n) is 13.6. The van der Waals surface area contributed by atoms with Crippen LogP contribution in [0.25, 0.3) is 0 Å². The molecule has 4 saturated carbocycles. The smallest absolute Gasteiger partial charge is 0.133 e. The van der Waals surface area contributed by atoms with Crippen molar-refractivity contribution in [2.45, 2.75) is 77.7 Å². The van der Waals surface area contributed by atoms with Gasteiger partial charge in [-0.2, -0.15) is 0 Å². The van der Waals surface area contributed by atoms with Gasteiger partial charge in [-0.05, 0) is 79.4 Å². The Morgan fingerprint density at radius 3 is 2.62 bits per heavy atom. The van der Waals surface area contributed by atoms with Gasteiger partial charge in [0.1, 0.15) is 5.78 Å². The van der Waals surface area contributed by atoms with E-state index in [1.807, 2.05) is 0 Å². The van der Waals surface area contributed by atoms with Crippen LogP contribution in [0.4, 0.5) is 0 Å². The topological polar surface area (TPSA) is 37.3 Å². The third-order valence-electron chi connectivity index (χ3n) is 8.38. The lowest BCUT2D eigenvalue weighted by Crippen LogP contribution is -2.56. The molecule has 4 rings (SSSR count). The summed E-state index contributed by atoms with van der Waals surface area (Å²) in [5, 5.41) is 10.2. The summed E-state index contributed by atoms with van der Waals surface area (Å²) < 4.78 is 0. The van der Waals surface area contributed by atoms with Crippen LogP contribution < -0.4 is 0 Å². The first-order valence-corrected chi connectivity index (χ1v) is 9.13. The standard InChI is InChI=1S/C19H30O2/c1-18-7-6-15-16-10-14(21)9-12(16)3-4-17(15)19(18,2)8-5-13(20)11-18/h12-13,15-17,20H,3-11H2,1-2H3/t12-,13-,15+,16-,17+,18+,19-/m0/s1. The third-order valence-corrected chi connectivity index (χ3v) is 8.38. The van der Waals surface area contributed by atoms with Crippen molar-refractivity contribution in [1.29, 1.82) is 0 Å². The number of rotatable bonds is 0. The number of Topliss-reactive ketones (excluding diaryl/α,β-unsaturated/α-hetero) is 1. The van der Waals surface area contributed by atoms with Crippen molar-refractivity contribution in [3.05, 3.63) is 0 Å². The summed E-state index contributed by atoms with van der Waals surface area (Å²) in [5.74, 6) is 3.54. The van der Waals surface area contributed by atoms with E-state index in [-0.39, 0.29) is 6.10 Å². The van der Waals surface area contributed by atoms with E-state index in [4.69, 9.17) is 0 Å². The van der Waals surface area contributed by atoms with Crippen molar-refractivity contribution in [2.75, 3.05) is 0 Å². The Morgan fingerprint density at radius 1 is 1.00 bits per heavy atom. The number of carbonyl (C=O) groups excluding carboxylic acids is 1. The van der Waals surface area contributed by atoms with Crippen molar-refractivity contribution >= 4 is 5.78 Å². The van der Waals surface area contributed by atoms with Crippen LogP contribution in [0.2, 0.25) is 0 Å². The first kappa shape index (κ1) is 14.2. The third kappa shape index (κ3) is 1.90. The van der Waals surface area contributed by atoms with Gasteiger partial charge in [-0.1, -0.05) is 13.8 Å². The number of aliphatic hydroxyl groups excluding tert-OH is 1. The molecule has 4 aliphatic rings. The number of aliphatic hydroxyl groups is 1. The number of carbonyl (C=O) groups is 1. The molecule has 118 valence electrons. The Balaban J connectivity index is 1.65. The van der Waals surface area contributed by atoms with Crippen LogP contribution in [0, 0.1) is 34.5 Å². The van der Waals surface area contributed by atoms with Gasteiger partial charge >= 0.3 is 0 Å². The average molecular weight is 290 g/mol. The van der Waals surface area contributed by atoms with E-state index in [0.717, 1.165) is 37.5 Å². The molecule has 0 saturated heterocycles. The predicted octanol–water partition coefficient (Wildman–Crippen LogP) is 3.96. The lowest BCUT2D eigenvalue weighted by atomic mass is 9.42. The number of hydrogen-bond acceptors (Lipinski definition) is 2. The Morgan fingerprint density at radius 2 is 1.81 bits per heavy atom. The van der Waals surface area contributed by atoms with Gasteiger partial charge in [0.05, 0.1) is 6.10 Å². The zero-order chi connectivity index (χ0) is 14.8. The minimum atomic E-state index is -0.0796. The fourth-order valence-corrected chi connectivity index (χ4v) is 7.02. The van der Waals surface area contributed by atoms with Crippen LogP contribution in [0.3, 0.4) is 0 Å². The molecule has 0 unspecified atom stereocenters. The SMILES string of the molecule is C[C@]12CC[C@@H]3[C@H]4CC(=O)C[C@@H]4CC[C@H]3[C@]1(C)CC[C@H](O)C2. The molecule has 1 N–H and O–H groups in total. The number of ketones is 1. The Kier molecular flexibility index (Phi) is 3.10. The summed E-state index contributed by atoms with van der Waals surface area (Å²) in [4.78, 5) is 11.9. The van der Waals surface area contributed by atoms with Crippen LogP contribution in [-0.4, -0.2) is 17.0 Å². The summed E-state index contributed by atoms with van der Waals surface area (Å²) in [6, 6.07) is 0. The van der Waals surface area contributed by atoms with Crippen LogP contribution >= 0.6 is 0 Å². The maximum Gasteiger partial charge on any atom is 0.133 e. The van der Waals surface area contributed by atoms with Gasteiger partial charge in [-0.3, -0.25) is 4.79 Å². The van der Waals surface area contributed by atoms with E-state index < -0.39 is 0 Å². The minimum Gasteiger partial charge on any atom is -0.393 e. The molecule has 0 radical (unpaired) electrons. The normalized spacial score (nSPS) is 56.5. The molecule has 0 aromatic heterocycles. The second kappa shape index (κ2) is 4.57. The molecule has 4 aliphatic carbocycles. The summed E-state index contributed by atoms with van der Waals surface area (Å²) >= 11 is 0. The molecule has 0 bridgehead atoms. The summed E-state index contributed by atoms with van der Waals surface area (Å²) in [6.45, 7) is 4.96. The Bertz CT molecular complexity index is 458. The second-order valence-corrected chi connectivity index (χ2v) is 9.13. The summed E-state index contributed by atoms with van der Waals surface area (Å²) in [5.41, 5.74) is 0.715. The van der Waals surface area contributed by atoms with E-state index in [0.29, 0.717) is 28.4 Å². The predicted molar refractivity (Wildman–Crippen MR) is 82.7 cm³/mol. The molecular formula is C19H30O2. The average Bonchev–Trinajstić information content (AvgIpc) is 2.80. The van der Waals surface area contributed by atoms with Crippen LogP contribution in [-0.2, 0) is 4.79 Å². The first-order chi connectivity index (χ1) is 9.93. The van der Waals surface area contributed by atoms with E-state index in [1.54, 1.807) is 0 Å². The maximum atomic E-state index is 11.9. The number of fused-ring (bicyclic) bond motifs is 5. The molecule has 0 spiro atoms. The van der Waals surface area contributed by atoms with Gasteiger partial charge in [0.25, 0.3) is 0 Å². The van der Waals surface area contributed by atoms with Crippen molar-refractivity contribution in [3.8, 4) is 0 Å². The molecule has 0 amide bonds. The lowest BCUT2D eigenvalue weighted by molar-refractivity contribution is -0.156. The quantitative estimate of drug-likeness (QED) is 0.733. The Labute approximate surface area is 128 Å². The molecule has 0 heterocycles. The van der Waals surface area contributed by atoms with Gasteiger partial charge in [0.15, 0.2) is 0 Å². The van der Waals surface area contributed by atoms with Crippen molar-refractivity contribution in [2.24, 2.45) is 34.5 Å². The highest BCUT2D eigenvalue weighted by molar-refractivity contribution is 5.81. The minimum absolute atomic E-state index is 0.0796. The van der Waals surface area contributed by atoms with Crippen molar-refractivity contribution < 1.29 is 9.90 Å². The molecule has 0 aromatic carbocycles. The number of hydrogen-bond donors (Lipinski definition) is 1. The summed E-state index contributed by atoms with van der Waals surface area (Å²) in [7, 11) is 0. The Hall–Kier alpha value is -0.370. The highest BCUT2D eigenvalue weighted by atomic mass is 16.3. The van der Waals surface area contributed by atoms with Gasteiger partial charge in [0.2, 0.25) is 0 Å². The molecule has 7 atom stereocenters. The van der Waals surface area contributed by atoms with Gasteiger partial charge in [-0.25, -0.2) is 0 Å². The molecule has 2 nitrogen and oxygen atoms in total. The molecule has 0 aliphatic heterocycles. The van der Waals surface area contributed by atoms with E-state index in [1.165, 1.54) is 32.1 Å². The monoisotopic (exact) mass is 290 g/mol. The highest BCUT2D eigenvalue weighted by Crippen LogP contribution is 2.67. The van der Waals surface area contributed by atoms with Crippen LogP contribution in [0.5, 0.6) is 0 Å². The van der Waals surface area contributed by atoms with E-state index in [9.17, 15) is 9.90 Å². The zero-order valence-corrected chi connectivity index (χ0v) is 13.6. The molecule has 21 heavy (non-hydrogen) atoms. The first-order valence-electron chi connectivity index (χ1n) is 9.13. The van der Waals surface area contributed by atoms with Gasteiger partial charge in [-0.15, -0.1) is 0 Å². The van der Waals surface area contributed by atoms with Gasteiger partial charge < -0.3 is 5.11 Å².